The average Bonchev–Trinajstić information content (AvgIpc) is 3.03. The van der Waals surface area contributed by atoms with Crippen LogP contribution in [0.25, 0.3) is 0 Å². The van der Waals surface area contributed by atoms with Gasteiger partial charge in [-0.3, -0.25) is 0 Å². The van der Waals surface area contributed by atoms with Gasteiger partial charge in [0.15, 0.2) is 17.7 Å². The summed E-state index contributed by atoms with van der Waals surface area (Å²) in [5.41, 5.74) is 1.23. The van der Waals surface area contributed by atoms with Crippen LogP contribution >= 0.6 is 0 Å². The molecule has 2 aromatic rings. The van der Waals surface area contributed by atoms with E-state index in [1.165, 1.54) is 63.5 Å². The van der Waals surface area contributed by atoms with Gasteiger partial charge in [-0.25, -0.2) is 18.4 Å². The number of esters is 2. The van der Waals surface area contributed by atoms with Gasteiger partial charge in [0, 0.05) is 0 Å². The molecule has 1 saturated carbocycles. The molecule has 244 valence electrons. The molecule has 0 amide bonds. The van der Waals surface area contributed by atoms with Gasteiger partial charge < -0.3 is 14.2 Å². The molecule has 5 nitrogen and oxygen atoms in total. The van der Waals surface area contributed by atoms with Crippen molar-refractivity contribution in [3.63, 3.8) is 0 Å². The van der Waals surface area contributed by atoms with Crippen molar-refractivity contribution in [2.24, 2.45) is 0 Å². The number of hydrogen-bond donors (Lipinski definition) is 0. The number of alkyl halides is 1. The van der Waals surface area contributed by atoms with Crippen LogP contribution in [0.15, 0.2) is 42.5 Å². The summed E-state index contributed by atoms with van der Waals surface area (Å²) in [4.78, 5) is 24.6. The first-order valence-electron chi connectivity index (χ1n) is 17.0. The van der Waals surface area contributed by atoms with E-state index in [4.69, 9.17) is 14.2 Å². The Labute approximate surface area is 263 Å². The summed E-state index contributed by atoms with van der Waals surface area (Å²) in [6.07, 6.45) is 15.2. The number of unbranched alkanes of at least 4 members (excludes halogenated alkanes) is 10. The zero-order chi connectivity index (χ0) is 31.6. The third kappa shape index (κ3) is 12.6. The summed E-state index contributed by atoms with van der Waals surface area (Å²) >= 11 is 0. The molecule has 0 saturated heterocycles. The van der Waals surface area contributed by atoms with Gasteiger partial charge in [0.2, 0.25) is 0 Å². The smallest absolute Gasteiger partial charge is 0.343 e. The molecule has 0 heterocycles. The van der Waals surface area contributed by atoms with Crippen molar-refractivity contribution in [1.82, 2.24) is 0 Å². The Morgan fingerprint density at radius 1 is 0.795 bits per heavy atom. The fraction of sp³-hybridized carbons (Fsp3) is 0.622. The lowest BCUT2D eigenvalue weighted by Gasteiger charge is -2.29. The first-order valence-corrected chi connectivity index (χ1v) is 17.0. The maximum Gasteiger partial charge on any atom is 0.343 e. The first-order chi connectivity index (χ1) is 21.4. The molecule has 0 N–H and O–H groups in total. The predicted octanol–water partition coefficient (Wildman–Crippen LogP) is 10.4. The highest BCUT2D eigenvalue weighted by molar-refractivity contribution is 5.91. The lowest BCUT2D eigenvalue weighted by Crippen LogP contribution is -2.28. The van der Waals surface area contributed by atoms with Crippen molar-refractivity contribution >= 4 is 11.9 Å². The Morgan fingerprint density at radius 3 is 2.02 bits per heavy atom. The molecule has 0 aliphatic heterocycles. The lowest BCUT2D eigenvalue weighted by molar-refractivity contribution is -0.157. The second-order valence-corrected chi connectivity index (χ2v) is 12.2. The van der Waals surface area contributed by atoms with Gasteiger partial charge in [-0.15, -0.1) is 0 Å². The minimum Gasteiger partial charge on any atom is -0.491 e. The number of rotatable bonds is 20. The van der Waals surface area contributed by atoms with Crippen LogP contribution < -0.4 is 9.47 Å². The van der Waals surface area contributed by atoms with Crippen molar-refractivity contribution in [3.05, 3.63) is 59.4 Å². The number of benzene rings is 2. The quantitative estimate of drug-likeness (QED) is 0.0843. The molecule has 1 atom stereocenters. The molecular weight excluding hydrogens is 562 g/mol. The molecule has 3 rings (SSSR count). The minimum absolute atomic E-state index is 0.121. The van der Waals surface area contributed by atoms with Gasteiger partial charge in [0.25, 0.3) is 0 Å². The number of hydrogen-bond acceptors (Lipinski definition) is 5. The second-order valence-electron chi connectivity index (χ2n) is 12.2. The molecule has 0 spiro atoms. The summed E-state index contributed by atoms with van der Waals surface area (Å²) in [6.45, 7) is 4.65. The van der Waals surface area contributed by atoms with E-state index < -0.39 is 23.9 Å². The highest BCUT2D eigenvalue weighted by Crippen LogP contribution is 2.35. The van der Waals surface area contributed by atoms with E-state index in [1.807, 2.05) is 19.1 Å². The van der Waals surface area contributed by atoms with Crippen LogP contribution in [0.1, 0.15) is 145 Å². The molecular formula is C37H52F2O5. The van der Waals surface area contributed by atoms with E-state index in [0.29, 0.717) is 31.6 Å². The van der Waals surface area contributed by atoms with Gasteiger partial charge in [-0.1, -0.05) is 96.6 Å². The molecule has 0 aromatic heterocycles. The molecule has 1 aliphatic carbocycles. The van der Waals surface area contributed by atoms with Crippen molar-refractivity contribution in [1.29, 1.82) is 0 Å². The van der Waals surface area contributed by atoms with E-state index >= 15 is 0 Å². The van der Waals surface area contributed by atoms with Crippen molar-refractivity contribution in [3.8, 4) is 11.5 Å². The van der Waals surface area contributed by atoms with Crippen LogP contribution in [-0.2, 0) is 9.53 Å². The Hall–Kier alpha value is -2.96. The molecule has 44 heavy (non-hydrogen) atoms. The SMILES string of the molecule is CCCCCCCCCCCCOc1ccc(C(=O)Oc2ccc([C@H]3CC[C@H](OC(=O)[C@@H](F)CCCC)CC3)cc2)cc1F. The van der Waals surface area contributed by atoms with Crippen molar-refractivity contribution in [2.45, 2.75) is 141 Å². The van der Waals surface area contributed by atoms with E-state index in [1.54, 1.807) is 12.1 Å². The third-order valence-corrected chi connectivity index (χ3v) is 8.51. The standard InChI is InChI=1S/C37H52F2O5/c1-3-5-7-8-9-10-11-12-13-14-26-42-35-25-20-30(27-34(35)39)36(40)43-31-21-16-28(17-22-31)29-18-23-32(24-19-29)44-37(41)33(38)15-6-4-2/h16-17,20-22,25,27,29,32-33H,3-15,18-19,23-24,26H2,1-2H3/t29-,32-,33-/m0/s1. The molecule has 1 aliphatic rings. The van der Waals surface area contributed by atoms with Crippen molar-refractivity contribution in [2.75, 3.05) is 6.61 Å². The highest BCUT2D eigenvalue weighted by Gasteiger charge is 2.28. The summed E-state index contributed by atoms with van der Waals surface area (Å²) in [7, 11) is 0. The van der Waals surface area contributed by atoms with Crippen LogP contribution in [0.3, 0.4) is 0 Å². The van der Waals surface area contributed by atoms with Gasteiger partial charge in [-0.05, 0) is 80.3 Å². The fourth-order valence-electron chi connectivity index (χ4n) is 5.74. The predicted molar refractivity (Wildman–Crippen MR) is 171 cm³/mol. The zero-order valence-corrected chi connectivity index (χ0v) is 26.8. The highest BCUT2D eigenvalue weighted by atomic mass is 19.1. The van der Waals surface area contributed by atoms with Crippen LogP contribution in [0.2, 0.25) is 0 Å². The summed E-state index contributed by atoms with van der Waals surface area (Å²) in [6, 6.07) is 11.5. The van der Waals surface area contributed by atoms with E-state index in [0.717, 1.165) is 43.7 Å². The fourth-order valence-corrected chi connectivity index (χ4v) is 5.74. The molecule has 2 aromatic carbocycles. The molecule has 1 fully saturated rings. The maximum absolute atomic E-state index is 14.6. The zero-order valence-electron chi connectivity index (χ0n) is 26.8. The van der Waals surface area contributed by atoms with Crippen LogP contribution in [0.5, 0.6) is 11.5 Å². The number of halogens is 2. The van der Waals surface area contributed by atoms with Gasteiger partial charge >= 0.3 is 11.9 Å². The second kappa shape index (κ2) is 20.1. The Morgan fingerprint density at radius 2 is 1.41 bits per heavy atom. The number of ether oxygens (including phenoxy) is 3. The topological polar surface area (TPSA) is 61.8 Å². The minimum atomic E-state index is -1.54. The largest absolute Gasteiger partial charge is 0.491 e. The number of carbonyl (C=O) groups is 2. The van der Waals surface area contributed by atoms with Gasteiger partial charge in [0.1, 0.15) is 11.9 Å². The molecule has 0 unspecified atom stereocenters. The van der Waals surface area contributed by atoms with Gasteiger partial charge in [0.05, 0.1) is 12.2 Å². The lowest BCUT2D eigenvalue weighted by atomic mass is 9.83. The third-order valence-electron chi connectivity index (χ3n) is 8.51. The van der Waals surface area contributed by atoms with Crippen LogP contribution in [0, 0.1) is 5.82 Å². The van der Waals surface area contributed by atoms with Crippen LogP contribution in [-0.4, -0.2) is 30.8 Å². The monoisotopic (exact) mass is 614 g/mol. The van der Waals surface area contributed by atoms with Crippen molar-refractivity contribution < 1.29 is 32.6 Å². The average molecular weight is 615 g/mol. The first kappa shape index (κ1) is 35.5. The Kier molecular flexibility index (Phi) is 16.3. The number of carbonyl (C=O) groups excluding carboxylic acids is 2. The maximum atomic E-state index is 14.6. The summed E-state index contributed by atoms with van der Waals surface area (Å²) in [5, 5.41) is 0. The van der Waals surface area contributed by atoms with Gasteiger partial charge in [-0.2, -0.15) is 0 Å². The normalized spacial score (nSPS) is 17.2. The molecule has 7 heteroatoms. The Bertz CT molecular complexity index is 1110. The Balaban J connectivity index is 1.35. The van der Waals surface area contributed by atoms with E-state index in [-0.39, 0.29) is 29.8 Å². The summed E-state index contributed by atoms with van der Waals surface area (Å²) < 4.78 is 45.1. The van der Waals surface area contributed by atoms with E-state index in [2.05, 4.69) is 6.92 Å². The summed E-state index contributed by atoms with van der Waals surface area (Å²) in [5.74, 6) is -1.13. The molecule has 0 radical (unpaired) electrons. The van der Waals surface area contributed by atoms with E-state index in [9.17, 15) is 18.4 Å². The molecule has 0 bridgehead atoms. The van der Waals surface area contributed by atoms with Crippen LogP contribution in [0.4, 0.5) is 8.78 Å².